The third-order valence-corrected chi connectivity index (χ3v) is 2.82. The van der Waals surface area contributed by atoms with Gasteiger partial charge < -0.3 is 10.4 Å². The molecule has 0 aliphatic rings. The first-order valence-corrected chi connectivity index (χ1v) is 6.14. The second-order valence-corrected chi connectivity index (χ2v) is 4.45. The van der Waals surface area contributed by atoms with Crippen molar-refractivity contribution in [2.75, 3.05) is 5.32 Å². The van der Waals surface area contributed by atoms with Crippen molar-refractivity contribution >= 4 is 11.6 Å². The lowest BCUT2D eigenvalue weighted by Gasteiger charge is -2.11. The van der Waals surface area contributed by atoms with Gasteiger partial charge in [0.25, 0.3) is 0 Å². The molecule has 21 heavy (non-hydrogen) atoms. The first-order chi connectivity index (χ1) is 9.95. The van der Waals surface area contributed by atoms with Gasteiger partial charge in [0.05, 0.1) is 12.5 Å². The highest BCUT2D eigenvalue weighted by molar-refractivity contribution is 5.91. The Morgan fingerprint density at radius 2 is 1.86 bits per heavy atom. The number of hydrogen-bond donors (Lipinski definition) is 2. The number of aliphatic hydroxyl groups is 1. The molecule has 3 nitrogen and oxygen atoms in total. The van der Waals surface area contributed by atoms with E-state index in [1.54, 1.807) is 0 Å². The Labute approximate surface area is 119 Å². The second kappa shape index (κ2) is 6.41. The minimum atomic E-state index is -1.19. The molecule has 0 spiro atoms. The minimum Gasteiger partial charge on any atom is -0.388 e. The molecule has 0 saturated heterocycles. The van der Waals surface area contributed by atoms with Gasteiger partial charge in [0.15, 0.2) is 11.6 Å². The standard InChI is InChI=1S/C15H12F3NO2/c16-10-3-1-2-9(6-10)14(20)8-15(21)19-11-4-5-12(17)13(18)7-11/h1-7,14,20H,8H2,(H,19,21). The first kappa shape index (κ1) is 15.1. The molecule has 2 aromatic rings. The number of anilines is 1. The molecule has 2 N–H and O–H groups in total. The maximum atomic E-state index is 13.0. The summed E-state index contributed by atoms with van der Waals surface area (Å²) in [5.41, 5.74) is 0.334. The lowest BCUT2D eigenvalue weighted by Crippen LogP contribution is -2.15. The molecule has 1 atom stereocenters. The zero-order valence-electron chi connectivity index (χ0n) is 10.8. The van der Waals surface area contributed by atoms with Gasteiger partial charge in [0.2, 0.25) is 5.91 Å². The van der Waals surface area contributed by atoms with Gasteiger partial charge >= 0.3 is 0 Å². The lowest BCUT2D eigenvalue weighted by molar-refractivity contribution is -0.118. The summed E-state index contributed by atoms with van der Waals surface area (Å²) >= 11 is 0. The molecule has 1 unspecified atom stereocenters. The quantitative estimate of drug-likeness (QED) is 0.910. The van der Waals surface area contributed by atoms with E-state index < -0.39 is 29.5 Å². The minimum absolute atomic E-state index is 0.0744. The van der Waals surface area contributed by atoms with Crippen LogP contribution >= 0.6 is 0 Å². The molecular weight excluding hydrogens is 283 g/mol. The predicted octanol–water partition coefficient (Wildman–Crippen LogP) is 3.17. The smallest absolute Gasteiger partial charge is 0.227 e. The van der Waals surface area contributed by atoms with Crippen molar-refractivity contribution < 1.29 is 23.1 Å². The van der Waals surface area contributed by atoms with Crippen LogP contribution in [0.25, 0.3) is 0 Å². The summed E-state index contributed by atoms with van der Waals surface area (Å²) in [7, 11) is 0. The van der Waals surface area contributed by atoms with Crippen molar-refractivity contribution in [3.8, 4) is 0 Å². The lowest BCUT2D eigenvalue weighted by atomic mass is 10.1. The zero-order chi connectivity index (χ0) is 15.4. The molecule has 0 heterocycles. The van der Waals surface area contributed by atoms with E-state index >= 15 is 0 Å². The van der Waals surface area contributed by atoms with Crippen LogP contribution in [-0.2, 0) is 4.79 Å². The van der Waals surface area contributed by atoms with Crippen molar-refractivity contribution in [1.82, 2.24) is 0 Å². The Morgan fingerprint density at radius 3 is 2.52 bits per heavy atom. The summed E-state index contributed by atoms with van der Waals surface area (Å²) in [4.78, 5) is 11.7. The number of carbonyl (C=O) groups is 1. The Balaban J connectivity index is 1.99. The Hall–Kier alpha value is -2.34. The van der Waals surface area contributed by atoms with Gasteiger partial charge in [-0.25, -0.2) is 13.2 Å². The summed E-state index contributed by atoms with van der Waals surface area (Å²) < 4.78 is 38.7. The third-order valence-electron chi connectivity index (χ3n) is 2.82. The highest BCUT2D eigenvalue weighted by Crippen LogP contribution is 2.19. The molecule has 110 valence electrons. The number of carbonyl (C=O) groups excluding carboxylic acids is 1. The van der Waals surface area contributed by atoms with Crippen LogP contribution in [0.1, 0.15) is 18.1 Å². The molecule has 0 saturated carbocycles. The molecular formula is C15H12F3NO2. The van der Waals surface area contributed by atoms with E-state index in [2.05, 4.69) is 5.32 Å². The highest BCUT2D eigenvalue weighted by Gasteiger charge is 2.14. The number of hydrogen-bond acceptors (Lipinski definition) is 2. The average molecular weight is 295 g/mol. The van der Waals surface area contributed by atoms with E-state index in [9.17, 15) is 23.1 Å². The molecule has 0 aliphatic heterocycles. The molecule has 0 radical (unpaired) electrons. The van der Waals surface area contributed by atoms with Crippen LogP contribution in [0.5, 0.6) is 0 Å². The largest absolute Gasteiger partial charge is 0.388 e. The Morgan fingerprint density at radius 1 is 1.10 bits per heavy atom. The maximum absolute atomic E-state index is 13.0. The van der Waals surface area contributed by atoms with Gasteiger partial charge in [0, 0.05) is 11.8 Å². The van der Waals surface area contributed by atoms with E-state index in [0.717, 1.165) is 18.2 Å². The monoisotopic (exact) mass is 295 g/mol. The topological polar surface area (TPSA) is 49.3 Å². The summed E-state index contributed by atoms with van der Waals surface area (Å²) in [6, 6.07) is 8.16. The van der Waals surface area contributed by atoms with Crippen LogP contribution in [-0.4, -0.2) is 11.0 Å². The number of halogens is 3. The number of amides is 1. The number of nitrogens with one attached hydrogen (secondary N) is 1. The van der Waals surface area contributed by atoms with Crippen molar-refractivity contribution in [1.29, 1.82) is 0 Å². The summed E-state index contributed by atoms with van der Waals surface area (Å²) in [5, 5.41) is 12.2. The molecule has 1 amide bonds. The third kappa shape index (κ3) is 4.06. The Kier molecular flexibility index (Phi) is 4.59. The Bertz CT molecular complexity index is 661. The molecule has 2 aromatic carbocycles. The number of benzene rings is 2. The predicted molar refractivity (Wildman–Crippen MR) is 71.0 cm³/mol. The molecule has 0 aliphatic carbocycles. The van der Waals surface area contributed by atoms with Crippen LogP contribution in [0, 0.1) is 17.5 Å². The second-order valence-electron chi connectivity index (χ2n) is 4.45. The van der Waals surface area contributed by atoms with Gasteiger partial charge in [-0.2, -0.15) is 0 Å². The van der Waals surface area contributed by atoms with Crippen LogP contribution in [0.2, 0.25) is 0 Å². The fourth-order valence-corrected chi connectivity index (χ4v) is 1.79. The summed E-state index contributed by atoms with van der Waals surface area (Å²) in [6.45, 7) is 0. The van der Waals surface area contributed by atoms with Crippen LogP contribution in [0.3, 0.4) is 0 Å². The van der Waals surface area contributed by atoms with Gasteiger partial charge in [-0.15, -0.1) is 0 Å². The molecule has 6 heteroatoms. The normalized spacial score (nSPS) is 12.0. The van der Waals surface area contributed by atoms with Crippen molar-refractivity contribution in [2.24, 2.45) is 0 Å². The molecule has 2 rings (SSSR count). The number of rotatable bonds is 4. The van der Waals surface area contributed by atoms with E-state index in [1.165, 1.54) is 24.3 Å². The van der Waals surface area contributed by atoms with Gasteiger partial charge in [-0.3, -0.25) is 4.79 Å². The zero-order valence-corrected chi connectivity index (χ0v) is 10.8. The van der Waals surface area contributed by atoms with E-state index in [-0.39, 0.29) is 17.7 Å². The molecule has 0 fully saturated rings. The van der Waals surface area contributed by atoms with Gasteiger partial charge in [0.1, 0.15) is 5.82 Å². The average Bonchev–Trinajstić information content (AvgIpc) is 2.43. The van der Waals surface area contributed by atoms with Crippen LogP contribution < -0.4 is 5.32 Å². The highest BCUT2D eigenvalue weighted by atomic mass is 19.2. The van der Waals surface area contributed by atoms with E-state index in [1.807, 2.05) is 0 Å². The van der Waals surface area contributed by atoms with Crippen LogP contribution in [0.4, 0.5) is 18.9 Å². The summed E-state index contributed by atoms with van der Waals surface area (Å²) in [5.74, 6) is -3.23. The van der Waals surface area contributed by atoms with Crippen molar-refractivity contribution in [2.45, 2.75) is 12.5 Å². The maximum Gasteiger partial charge on any atom is 0.227 e. The first-order valence-electron chi connectivity index (χ1n) is 6.14. The fourth-order valence-electron chi connectivity index (χ4n) is 1.79. The molecule has 0 bridgehead atoms. The van der Waals surface area contributed by atoms with Gasteiger partial charge in [-0.05, 0) is 29.8 Å². The van der Waals surface area contributed by atoms with Crippen molar-refractivity contribution in [3.05, 3.63) is 65.5 Å². The summed E-state index contributed by atoms with van der Waals surface area (Å²) in [6.07, 6.45) is -1.52. The van der Waals surface area contributed by atoms with Gasteiger partial charge in [-0.1, -0.05) is 12.1 Å². The van der Waals surface area contributed by atoms with E-state index in [4.69, 9.17) is 0 Å². The molecule has 0 aromatic heterocycles. The number of aliphatic hydroxyl groups excluding tert-OH is 1. The van der Waals surface area contributed by atoms with E-state index in [0.29, 0.717) is 0 Å². The SMILES string of the molecule is O=C(CC(O)c1cccc(F)c1)Nc1ccc(F)c(F)c1. The van der Waals surface area contributed by atoms with Crippen molar-refractivity contribution in [3.63, 3.8) is 0 Å². The fraction of sp³-hybridized carbons (Fsp3) is 0.133. The van der Waals surface area contributed by atoms with Crippen LogP contribution in [0.15, 0.2) is 42.5 Å².